The van der Waals surface area contributed by atoms with Gasteiger partial charge in [-0.05, 0) is 75.2 Å². The van der Waals surface area contributed by atoms with Crippen molar-refractivity contribution in [1.82, 2.24) is 9.88 Å². The summed E-state index contributed by atoms with van der Waals surface area (Å²) in [6.07, 6.45) is 7.04. The molecule has 150 valence electrons. The fourth-order valence-corrected chi connectivity index (χ4v) is 3.97. The Kier molecular flexibility index (Phi) is 6.15. The van der Waals surface area contributed by atoms with Gasteiger partial charge in [0.2, 0.25) is 0 Å². The van der Waals surface area contributed by atoms with Crippen LogP contribution in [0.4, 0.5) is 0 Å². The second-order valence-electron chi connectivity index (χ2n) is 7.66. The van der Waals surface area contributed by atoms with Gasteiger partial charge in [-0.25, -0.2) is 0 Å². The van der Waals surface area contributed by atoms with E-state index in [4.69, 9.17) is 4.74 Å². The monoisotopic (exact) mass is 389 g/mol. The number of dihydropyridines is 1. The van der Waals surface area contributed by atoms with Crippen LogP contribution in [0.1, 0.15) is 37.4 Å². The molecule has 0 radical (unpaired) electrons. The number of allylic oxidation sites excluding steroid dienone is 1. The van der Waals surface area contributed by atoms with Crippen molar-refractivity contribution >= 4 is 17.1 Å². The minimum absolute atomic E-state index is 0.00155. The van der Waals surface area contributed by atoms with Crippen molar-refractivity contribution in [3.8, 4) is 5.75 Å². The Bertz CT molecular complexity index is 903. The Morgan fingerprint density at radius 2 is 2.03 bits per heavy atom. The quantitative estimate of drug-likeness (QED) is 0.676. The average Bonchev–Trinajstić information content (AvgIpc) is 3.17. The lowest BCUT2D eigenvalue weighted by Gasteiger charge is -2.20. The summed E-state index contributed by atoms with van der Waals surface area (Å²) in [5, 5.41) is 0. The predicted molar refractivity (Wildman–Crippen MR) is 115 cm³/mol. The zero-order valence-electron chi connectivity index (χ0n) is 16.9. The van der Waals surface area contributed by atoms with Crippen molar-refractivity contribution in [2.75, 3.05) is 26.2 Å². The van der Waals surface area contributed by atoms with Crippen molar-refractivity contribution in [2.45, 2.75) is 32.2 Å². The lowest BCUT2D eigenvalue weighted by Crippen LogP contribution is -2.28. The molecule has 5 nitrogen and oxygen atoms in total. The largest absolute Gasteiger partial charge is 0.494 e. The summed E-state index contributed by atoms with van der Waals surface area (Å²) in [4.78, 5) is 23.3. The molecule has 0 saturated carbocycles. The predicted octanol–water partition coefficient (Wildman–Crippen LogP) is 3.79. The first kappa shape index (κ1) is 19.5. The maximum absolute atomic E-state index is 11.9. The van der Waals surface area contributed by atoms with E-state index in [9.17, 15) is 4.79 Å². The second kappa shape index (κ2) is 9.14. The Labute approximate surface area is 172 Å². The number of rotatable bonds is 7. The smallest absolute Gasteiger partial charge is 0.177 e. The highest BCUT2D eigenvalue weighted by molar-refractivity contribution is 6.35. The van der Waals surface area contributed by atoms with Crippen LogP contribution < -0.4 is 4.74 Å². The average molecular weight is 389 g/mol. The Balaban J connectivity index is 1.38. The van der Waals surface area contributed by atoms with Crippen LogP contribution in [0.5, 0.6) is 5.75 Å². The van der Waals surface area contributed by atoms with Gasteiger partial charge in [-0.15, -0.1) is 0 Å². The van der Waals surface area contributed by atoms with Gasteiger partial charge in [0.1, 0.15) is 12.3 Å². The molecule has 1 saturated heterocycles. The van der Waals surface area contributed by atoms with E-state index in [2.05, 4.69) is 21.8 Å². The van der Waals surface area contributed by atoms with Gasteiger partial charge in [0.15, 0.2) is 5.78 Å². The number of ketones is 1. The summed E-state index contributed by atoms with van der Waals surface area (Å²) in [6, 6.07) is 14.3. The number of nitrogens with zero attached hydrogens (tertiary/aromatic N) is 3. The van der Waals surface area contributed by atoms with Crippen molar-refractivity contribution in [2.24, 2.45) is 4.99 Å². The van der Waals surface area contributed by atoms with Crippen LogP contribution in [0.3, 0.4) is 0 Å². The Hall–Kier alpha value is -2.79. The number of pyridine rings is 1. The van der Waals surface area contributed by atoms with E-state index >= 15 is 0 Å². The van der Waals surface area contributed by atoms with E-state index < -0.39 is 0 Å². The third-order valence-corrected chi connectivity index (χ3v) is 5.57. The highest BCUT2D eigenvalue weighted by atomic mass is 16.5. The molecule has 1 aromatic carbocycles. The summed E-state index contributed by atoms with van der Waals surface area (Å²) < 4.78 is 5.92. The first-order valence-electron chi connectivity index (χ1n) is 10.4. The number of aromatic nitrogens is 1. The summed E-state index contributed by atoms with van der Waals surface area (Å²) in [5.41, 5.74) is 3.30. The Morgan fingerprint density at radius 3 is 2.76 bits per heavy atom. The summed E-state index contributed by atoms with van der Waals surface area (Å²) in [5.74, 6) is 0.862. The van der Waals surface area contributed by atoms with Gasteiger partial charge in [-0.2, -0.15) is 0 Å². The van der Waals surface area contributed by atoms with Crippen LogP contribution in [0.15, 0.2) is 59.7 Å². The number of ether oxygens (including phenoxy) is 1. The van der Waals surface area contributed by atoms with Gasteiger partial charge in [0.05, 0.1) is 18.0 Å². The molecule has 1 aromatic heterocycles. The molecule has 0 bridgehead atoms. The van der Waals surface area contributed by atoms with Crippen LogP contribution in [-0.4, -0.2) is 53.7 Å². The van der Waals surface area contributed by atoms with Gasteiger partial charge in [-0.1, -0.05) is 6.07 Å². The SMILES string of the molecule is C[C@@H]1CCCN1CCCOc1ccc(C2=NCC(=O)C=C2c2ccccn2)cc1. The van der Waals surface area contributed by atoms with E-state index in [1.807, 2.05) is 42.5 Å². The zero-order chi connectivity index (χ0) is 20.1. The summed E-state index contributed by atoms with van der Waals surface area (Å²) in [6.45, 7) is 5.52. The van der Waals surface area contributed by atoms with Gasteiger partial charge < -0.3 is 9.64 Å². The number of carbonyl (C=O) groups is 1. The number of hydrogen-bond donors (Lipinski definition) is 0. The molecule has 0 aliphatic carbocycles. The maximum Gasteiger partial charge on any atom is 0.177 e. The standard InChI is InChI=1S/C24H27N3O2/c1-18-6-4-13-27(18)14-5-15-29-21-10-8-19(9-11-21)24-22(16-20(28)17-26-24)23-7-2-3-12-25-23/h2-3,7-12,16,18H,4-6,13-15,17H2,1H3/t18-/m1/s1. The summed E-state index contributed by atoms with van der Waals surface area (Å²) in [7, 11) is 0. The molecule has 2 aromatic rings. The molecule has 3 heterocycles. The molecule has 0 N–H and O–H groups in total. The van der Waals surface area contributed by atoms with Crippen molar-refractivity contribution in [1.29, 1.82) is 0 Å². The maximum atomic E-state index is 11.9. The second-order valence-corrected chi connectivity index (χ2v) is 7.66. The number of likely N-dealkylation sites (tertiary alicyclic amines) is 1. The van der Waals surface area contributed by atoms with Crippen LogP contribution >= 0.6 is 0 Å². The number of aliphatic imine (C=N–C) groups is 1. The molecule has 2 aliphatic rings. The molecule has 1 atom stereocenters. The fraction of sp³-hybridized carbons (Fsp3) is 0.375. The molecular formula is C24H27N3O2. The fourth-order valence-electron chi connectivity index (χ4n) is 3.97. The molecule has 0 amide bonds. The minimum Gasteiger partial charge on any atom is -0.494 e. The topological polar surface area (TPSA) is 54.8 Å². The molecular weight excluding hydrogens is 362 g/mol. The molecule has 1 fully saturated rings. The van der Waals surface area contributed by atoms with Crippen molar-refractivity contribution in [3.05, 3.63) is 66.0 Å². The van der Waals surface area contributed by atoms with Crippen molar-refractivity contribution < 1.29 is 9.53 Å². The number of benzene rings is 1. The van der Waals surface area contributed by atoms with Gasteiger partial charge in [-0.3, -0.25) is 14.8 Å². The molecule has 0 unspecified atom stereocenters. The third-order valence-electron chi connectivity index (χ3n) is 5.57. The van der Waals surface area contributed by atoms with E-state index in [-0.39, 0.29) is 12.3 Å². The van der Waals surface area contributed by atoms with E-state index in [1.165, 1.54) is 19.4 Å². The highest BCUT2D eigenvalue weighted by Crippen LogP contribution is 2.24. The van der Waals surface area contributed by atoms with Gasteiger partial charge in [0, 0.05) is 29.9 Å². The number of hydrogen-bond acceptors (Lipinski definition) is 5. The Morgan fingerprint density at radius 1 is 1.17 bits per heavy atom. The molecule has 4 rings (SSSR count). The normalized spacial score (nSPS) is 19.8. The zero-order valence-corrected chi connectivity index (χ0v) is 16.9. The van der Waals surface area contributed by atoms with Crippen LogP contribution in [0.25, 0.3) is 5.57 Å². The van der Waals surface area contributed by atoms with Crippen LogP contribution in [0.2, 0.25) is 0 Å². The molecule has 29 heavy (non-hydrogen) atoms. The van der Waals surface area contributed by atoms with E-state index in [1.54, 1.807) is 12.3 Å². The number of carbonyl (C=O) groups excluding carboxylic acids is 1. The molecule has 2 aliphatic heterocycles. The first-order chi connectivity index (χ1) is 14.2. The third kappa shape index (κ3) is 4.80. The molecule has 5 heteroatoms. The van der Waals surface area contributed by atoms with Crippen LogP contribution in [0, 0.1) is 0 Å². The lowest BCUT2D eigenvalue weighted by molar-refractivity contribution is -0.113. The van der Waals surface area contributed by atoms with Crippen LogP contribution in [-0.2, 0) is 4.79 Å². The van der Waals surface area contributed by atoms with Gasteiger partial charge in [0.25, 0.3) is 0 Å². The highest BCUT2D eigenvalue weighted by Gasteiger charge is 2.20. The van der Waals surface area contributed by atoms with Gasteiger partial charge >= 0.3 is 0 Å². The summed E-state index contributed by atoms with van der Waals surface area (Å²) >= 11 is 0. The van der Waals surface area contributed by atoms with E-state index in [0.29, 0.717) is 6.04 Å². The van der Waals surface area contributed by atoms with E-state index in [0.717, 1.165) is 47.9 Å². The first-order valence-corrected chi connectivity index (χ1v) is 10.4. The van der Waals surface area contributed by atoms with Crippen molar-refractivity contribution in [3.63, 3.8) is 0 Å². The minimum atomic E-state index is 0.00155. The lowest BCUT2D eigenvalue weighted by atomic mass is 9.96. The molecule has 0 spiro atoms.